The Morgan fingerprint density at radius 1 is 1.15 bits per heavy atom. The van der Waals surface area contributed by atoms with Crippen molar-refractivity contribution >= 4 is 40.8 Å². The second-order valence-corrected chi connectivity index (χ2v) is 6.65. The van der Waals surface area contributed by atoms with Gasteiger partial charge in [-0.3, -0.25) is 5.43 Å². The van der Waals surface area contributed by atoms with Gasteiger partial charge in [-0.2, -0.15) is 5.10 Å². The maximum Gasteiger partial charge on any atom is 0.191 e. The van der Waals surface area contributed by atoms with E-state index in [9.17, 15) is 0 Å². The van der Waals surface area contributed by atoms with Crippen LogP contribution in [0.25, 0.3) is 0 Å². The van der Waals surface area contributed by atoms with Gasteiger partial charge in [-0.25, -0.2) is 0 Å². The smallest absolute Gasteiger partial charge is 0.191 e. The van der Waals surface area contributed by atoms with Crippen LogP contribution in [0.1, 0.15) is 30.9 Å². The quantitative estimate of drug-likeness (QED) is 0.420. The molecule has 7 heteroatoms. The number of halogens is 1. The largest absolute Gasteiger partial charge is 0.493 e. The number of hydrazone groups is 1. The van der Waals surface area contributed by atoms with E-state index in [0.717, 1.165) is 11.3 Å². The van der Waals surface area contributed by atoms with Crippen molar-refractivity contribution in [1.29, 1.82) is 0 Å². The molecule has 138 valence electrons. The number of hydrogen-bond acceptors (Lipinski definition) is 4. The molecule has 2 rings (SSSR count). The van der Waals surface area contributed by atoms with Gasteiger partial charge >= 0.3 is 0 Å². The third kappa shape index (κ3) is 5.34. The summed E-state index contributed by atoms with van der Waals surface area (Å²) in [5.41, 5.74) is 5.71. The number of nitrogens with zero attached hydrogens (tertiary/aromatic N) is 1. The second-order valence-electron chi connectivity index (χ2n) is 5.84. The van der Waals surface area contributed by atoms with Gasteiger partial charge in [-0.15, -0.1) is 0 Å². The van der Waals surface area contributed by atoms with Gasteiger partial charge in [0, 0.05) is 5.69 Å². The van der Waals surface area contributed by atoms with Crippen molar-refractivity contribution in [3.63, 3.8) is 0 Å². The van der Waals surface area contributed by atoms with Crippen LogP contribution >= 0.6 is 23.8 Å². The molecule has 0 fully saturated rings. The molecule has 0 saturated heterocycles. The molecule has 26 heavy (non-hydrogen) atoms. The first-order chi connectivity index (χ1) is 12.4. The summed E-state index contributed by atoms with van der Waals surface area (Å²) in [7, 11) is 3.09. The maximum atomic E-state index is 6.17. The Morgan fingerprint density at radius 3 is 2.42 bits per heavy atom. The van der Waals surface area contributed by atoms with Crippen LogP contribution in [0.2, 0.25) is 5.02 Å². The summed E-state index contributed by atoms with van der Waals surface area (Å²) >= 11 is 11.4. The summed E-state index contributed by atoms with van der Waals surface area (Å²) < 4.78 is 10.5. The van der Waals surface area contributed by atoms with Crippen LogP contribution in [0.3, 0.4) is 0 Å². The molecule has 0 aliphatic heterocycles. The van der Waals surface area contributed by atoms with Crippen molar-refractivity contribution in [3.8, 4) is 11.5 Å². The predicted molar refractivity (Wildman–Crippen MR) is 112 cm³/mol. The Kier molecular flexibility index (Phi) is 7.24. The zero-order valence-electron chi connectivity index (χ0n) is 15.2. The maximum absolute atomic E-state index is 6.17. The molecule has 0 spiro atoms. The molecule has 2 N–H and O–H groups in total. The van der Waals surface area contributed by atoms with E-state index in [-0.39, 0.29) is 0 Å². The first kappa shape index (κ1) is 20.0. The second kappa shape index (κ2) is 9.40. The van der Waals surface area contributed by atoms with Crippen molar-refractivity contribution in [3.05, 3.63) is 52.5 Å². The van der Waals surface area contributed by atoms with E-state index >= 15 is 0 Å². The summed E-state index contributed by atoms with van der Waals surface area (Å²) in [6, 6.07) is 11.6. The molecule has 0 unspecified atom stereocenters. The summed E-state index contributed by atoms with van der Waals surface area (Å²) in [5, 5.41) is 8.04. The van der Waals surface area contributed by atoms with Gasteiger partial charge in [0.15, 0.2) is 16.6 Å². The van der Waals surface area contributed by atoms with Gasteiger partial charge in [-0.05, 0) is 53.5 Å². The van der Waals surface area contributed by atoms with Gasteiger partial charge < -0.3 is 14.8 Å². The van der Waals surface area contributed by atoms with Gasteiger partial charge in [0.1, 0.15) is 0 Å². The molecule has 0 aliphatic rings. The van der Waals surface area contributed by atoms with Crippen LogP contribution in [-0.4, -0.2) is 25.5 Å². The van der Waals surface area contributed by atoms with E-state index in [2.05, 4.69) is 41.8 Å². The van der Waals surface area contributed by atoms with Gasteiger partial charge in [0.05, 0.1) is 25.5 Å². The van der Waals surface area contributed by atoms with Crippen molar-refractivity contribution < 1.29 is 9.47 Å². The zero-order valence-corrected chi connectivity index (χ0v) is 16.7. The van der Waals surface area contributed by atoms with Gasteiger partial charge in [0.25, 0.3) is 0 Å². The fourth-order valence-electron chi connectivity index (χ4n) is 2.29. The SMILES string of the molecule is COc1cc(/C=N/NC(=S)Nc2ccc(C(C)C)cc2)cc(Cl)c1OC. The van der Waals surface area contributed by atoms with E-state index in [4.69, 9.17) is 33.3 Å². The van der Waals surface area contributed by atoms with E-state index in [1.54, 1.807) is 25.5 Å². The molecule has 0 heterocycles. The highest BCUT2D eigenvalue weighted by atomic mass is 35.5. The molecule has 0 aromatic heterocycles. The number of anilines is 1. The Balaban J connectivity index is 1.97. The summed E-state index contributed by atoms with van der Waals surface area (Å²) in [6.07, 6.45) is 1.60. The molecule has 5 nitrogen and oxygen atoms in total. The topological polar surface area (TPSA) is 54.9 Å². The highest BCUT2D eigenvalue weighted by molar-refractivity contribution is 7.80. The van der Waals surface area contributed by atoms with Crippen molar-refractivity contribution in [1.82, 2.24) is 5.43 Å². The Morgan fingerprint density at radius 2 is 1.85 bits per heavy atom. The first-order valence-electron chi connectivity index (χ1n) is 8.06. The van der Waals surface area contributed by atoms with E-state index in [0.29, 0.717) is 27.6 Å². The lowest BCUT2D eigenvalue weighted by molar-refractivity contribution is 0.355. The molecule has 0 radical (unpaired) electrons. The number of nitrogens with one attached hydrogen (secondary N) is 2. The summed E-state index contributed by atoms with van der Waals surface area (Å²) in [6.45, 7) is 4.31. The molecular weight excluding hydrogens is 370 g/mol. The summed E-state index contributed by atoms with van der Waals surface area (Å²) in [5.74, 6) is 1.51. The Bertz CT molecular complexity index is 792. The van der Waals surface area contributed by atoms with Crippen LogP contribution in [0.15, 0.2) is 41.5 Å². The van der Waals surface area contributed by atoms with Crippen LogP contribution in [0.4, 0.5) is 5.69 Å². The first-order valence-corrected chi connectivity index (χ1v) is 8.84. The fraction of sp³-hybridized carbons (Fsp3) is 0.263. The minimum absolute atomic E-state index is 0.394. The van der Waals surface area contributed by atoms with E-state index < -0.39 is 0 Å². The average molecular weight is 392 g/mol. The summed E-state index contributed by atoms with van der Waals surface area (Å²) in [4.78, 5) is 0. The zero-order chi connectivity index (χ0) is 19.1. The predicted octanol–water partition coefficient (Wildman–Crippen LogP) is 4.80. The number of methoxy groups -OCH3 is 2. The van der Waals surface area contributed by atoms with E-state index in [1.807, 2.05) is 12.1 Å². The number of hydrogen-bond donors (Lipinski definition) is 2. The van der Waals surface area contributed by atoms with Crippen LogP contribution in [-0.2, 0) is 0 Å². The Labute approximate surface area is 164 Å². The van der Waals surface area contributed by atoms with Crippen LogP contribution < -0.4 is 20.2 Å². The monoisotopic (exact) mass is 391 g/mol. The number of ether oxygens (including phenoxy) is 2. The fourth-order valence-corrected chi connectivity index (χ4v) is 2.76. The van der Waals surface area contributed by atoms with Crippen molar-refractivity contribution in [2.45, 2.75) is 19.8 Å². The Hall–Kier alpha value is -2.31. The molecule has 2 aromatic carbocycles. The highest BCUT2D eigenvalue weighted by Gasteiger charge is 2.09. The lowest BCUT2D eigenvalue weighted by atomic mass is 10.0. The normalized spacial score (nSPS) is 10.8. The molecule has 0 aliphatic carbocycles. The molecular formula is C19H22ClN3O2S. The highest BCUT2D eigenvalue weighted by Crippen LogP contribution is 2.35. The van der Waals surface area contributed by atoms with Crippen LogP contribution in [0.5, 0.6) is 11.5 Å². The van der Waals surface area contributed by atoms with Gasteiger partial charge in [-0.1, -0.05) is 37.6 Å². The standard InChI is InChI=1S/C19H22ClN3O2S/c1-12(2)14-5-7-15(8-6-14)22-19(26)23-21-11-13-9-16(20)18(25-4)17(10-13)24-3/h5-12H,1-4H3,(H2,22,23,26)/b21-11+. The molecule has 0 bridgehead atoms. The average Bonchev–Trinajstić information content (AvgIpc) is 2.61. The third-order valence-electron chi connectivity index (χ3n) is 3.67. The van der Waals surface area contributed by atoms with Crippen molar-refractivity contribution in [2.75, 3.05) is 19.5 Å². The lowest BCUT2D eigenvalue weighted by Gasteiger charge is -2.10. The molecule has 2 aromatic rings. The number of rotatable bonds is 6. The molecule has 0 saturated carbocycles. The van der Waals surface area contributed by atoms with Crippen molar-refractivity contribution in [2.24, 2.45) is 5.10 Å². The molecule has 0 atom stereocenters. The van der Waals surface area contributed by atoms with E-state index in [1.165, 1.54) is 12.7 Å². The number of thiocarbonyl (C=S) groups is 1. The van der Waals surface area contributed by atoms with Gasteiger partial charge in [0.2, 0.25) is 0 Å². The lowest BCUT2D eigenvalue weighted by Crippen LogP contribution is -2.23. The third-order valence-corrected chi connectivity index (χ3v) is 4.14. The molecule has 0 amide bonds. The number of benzene rings is 2. The minimum atomic E-state index is 0.394. The van der Waals surface area contributed by atoms with Crippen LogP contribution in [0, 0.1) is 0 Å². The minimum Gasteiger partial charge on any atom is -0.493 e.